The summed E-state index contributed by atoms with van der Waals surface area (Å²) >= 11 is 5.92. The van der Waals surface area contributed by atoms with Crippen molar-refractivity contribution in [2.24, 2.45) is 0 Å². The topological polar surface area (TPSA) is 65.4 Å². The van der Waals surface area contributed by atoms with E-state index in [4.69, 9.17) is 27.5 Å². The molecule has 0 unspecified atom stereocenters. The average Bonchev–Trinajstić information content (AvgIpc) is 3.41. The quantitative estimate of drug-likeness (QED) is 0.223. The summed E-state index contributed by atoms with van der Waals surface area (Å²) in [5, 5.41) is 8.14. The number of amides is 1. The third kappa shape index (κ3) is 5.86. The fourth-order valence-corrected chi connectivity index (χ4v) is 3.91. The van der Waals surface area contributed by atoms with E-state index in [1.54, 1.807) is 54.7 Å². The van der Waals surface area contributed by atoms with Crippen LogP contribution in [0.15, 0.2) is 109 Å². The van der Waals surface area contributed by atoms with Gasteiger partial charge in [-0.3, -0.25) is 0 Å². The molecule has 0 fully saturated rings. The van der Waals surface area contributed by atoms with Crippen LogP contribution in [0.2, 0.25) is 5.02 Å². The Balaban J connectivity index is 1.36. The summed E-state index contributed by atoms with van der Waals surface area (Å²) in [4.78, 5) is 13.1. The maximum Gasteiger partial charge on any atom is 0.346 e. The lowest BCUT2D eigenvalue weighted by atomic mass is 10.0. The predicted octanol–water partition coefficient (Wildman–Crippen LogP) is 7.76. The van der Waals surface area contributed by atoms with Gasteiger partial charge in [-0.1, -0.05) is 47.9 Å². The van der Waals surface area contributed by atoms with Crippen molar-refractivity contribution < 1.29 is 14.3 Å². The van der Waals surface area contributed by atoms with Gasteiger partial charge in [-0.05, 0) is 78.4 Å². The number of carbonyl (C=O) groups excluding carboxylic acids is 1. The second-order valence-electron chi connectivity index (χ2n) is 8.23. The molecule has 4 aromatic carbocycles. The number of carbonyl (C=O) groups is 1. The van der Waals surface area contributed by atoms with Crippen LogP contribution in [0.1, 0.15) is 0 Å². The van der Waals surface area contributed by atoms with E-state index in [1.807, 2.05) is 54.6 Å². The summed E-state index contributed by atoms with van der Waals surface area (Å²) in [6.45, 7) is 0.192. The minimum atomic E-state index is -0.395. The van der Waals surface area contributed by atoms with Crippen LogP contribution < -0.4 is 14.8 Å². The number of nitrogens with zero attached hydrogens (tertiary/aromatic N) is 2. The van der Waals surface area contributed by atoms with Gasteiger partial charge in [-0.25, -0.2) is 4.79 Å². The highest BCUT2D eigenvalue weighted by Gasteiger charge is 2.17. The highest BCUT2D eigenvalue weighted by atomic mass is 35.5. The van der Waals surface area contributed by atoms with E-state index in [-0.39, 0.29) is 6.61 Å². The molecular weight excluding hydrogens is 498 g/mol. The van der Waals surface area contributed by atoms with Crippen LogP contribution in [0.3, 0.4) is 0 Å². The molecular formula is C31H22ClN3O3. The monoisotopic (exact) mass is 519 g/mol. The Bertz CT molecular complexity index is 1570. The first kappa shape index (κ1) is 24.7. The third-order valence-electron chi connectivity index (χ3n) is 5.61. The zero-order valence-electron chi connectivity index (χ0n) is 20.2. The maximum atomic E-state index is 13.1. The van der Waals surface area contributed by atoms with Gasteiger partial charge in [0, 0.05) is 28.0 Å². The Morgan fingerprint density at radius 3 is 2.13 bits per heavy atom. The molecule has 0 aliphatic carbocycles. The predicted molar refractivity (Wildman–Crippen MR) is 150 cm³/mol. The van der Waals surface area contributed by atoms with Gasteiger partial charge in [0.2, 0.25) is 0 Å². The van der Waals surface area contributed by atoms with Crippen molar-refractivity contribution in [3.8, 4) is 52.0 Å². The molecule has 5 aromatic rings. The average molecular weight is 520 g/mol. The number of halogens is 1. The van der Waals surface area contributed by atoms with Crippen LogP contribution in [-0.2, 0) is 0 Å². The molecule has 1 aromatic heterocycles. The number of benzene rings is 4. The van der Waals surface area contributed by atoms with Gasteiger partial charge in [0.15, 0.2) is 0 Å². The third-order valence-corrected chi connectivity index (χ3v) is 5.86. The van der Waals surface area contributed by atoms with Crippen molar-refractivity contribution in [3.05, 3.63) is 114 Å². The summed E-state index contributed by atoms with van der Waals surface area (Å²) in [6.07, 6.45) is 7.00. The molecule has 0 saturated carbocycles. The van der Waals surface area contributed by atoms with Gasteiger partial charge in [0.25, 0.3) is 0 Å². The fraction of sp³-hybridized carbons (Fsp3) is 0.0323. The highest BCUT2D eigenvalue weighted by molar-refractivity contribution is 6.30. The molecule has 6 nitrogen and oxygen atoms in total. The number of terminal acetylenes is 1. The molecule has 0 aliphatic heterocycles. The molecule has 38 heavy (non-hydrogen) atoms. The number of nitrogens with one attached hydrogen (secondary N) is 1. The first-order chi connectivity index (χ1) is 18.6. The van der Waals surface area contributed by atoms with Crippen LogP contribution in [0.4, 0.5) is 10.5 Å². The lowest BCUT2D eigenvalue weighted by Gasteiger charge is -2.08. The van der Waals surface area contributed by atoms with Crippen molar-refractivity contribution in [1.29, 1.82) is 0 Å². The maximum absolute atomic E-state index is 13.1. The van der Waals surface area contributed by atoms with Gasteiger partial charge in [0.1, 0.15) is 29.5 Å². The standard InChI is InChI=1S/C31H22ClN3O3/c1-2-20-37-26-14-8-23(9-15-26)30-29(22-6-4-3-5-7-22)21-35(34-30)31(36)33-25-12-18-28(19-13-25)38-27-16-10-24(32)11-17-27/h1,3-19,21H,20H2,(H,33,36). The van der Waals surface area contributed by atoms with Crippen molar-refractivity contribution in [3.63, 3.8) is 0 Å². The molecule has 0 aliphatic rings. The van der Waals surface area contributed by atoms with Crippen LogP contribution in [0.5, 0.6) is 17.2 Å². The summed E-state index contributed by atoms with van der Waals surface area (Å²) in [5.74, 6) is 4.41. The lowest BCUT2D eigenvalue weighted by molar-refractivity contribution is 0.251. The molecule has 0 bridgehead atoms. The van der Waals surface area contributed by atoms with Gasteiger partial charge < -0.3 is 14.8 Å². The SMILES string of the molecule is C#CCOc1ccc(-c2nn(C(=O)Nc3ccc(Oc4ccc(Cl)cc4)cc3)cc2-c2ccccc2)cc1. The van der Waals surface area contributed by atoms with Gasteiger partial charge >= 0.3 is 6.03 Å². The van der Waals surface area contributed by atoms with Crippen molar-refractivity contribution in [2.75, 3.05) is 11.9 Å². The smallest absolute Gasteiger partial charge is 0.346 e. The summed E-state index contributed by atoms with van der Waals surface area (Å²) < 4.78 is 12.6. The van der Waals surface area contributed by atoms with E-state index in [2.05, 4.69) is 16.3 Å². The van der Waals surface area contributed by atoms with Crippen LogP contribution >= 0.6 is 11.6 Å². The van der Waals surface area contributed by atoms with Gasteiger partial charge in [0.05, 0.1) is 0 Å². The molecule has 5 rings (SSSR count). The highest BCUT2D eigenvalue weighted by Crippen LogP contribution is 2.32. The summed E-state index contributed by atoms with van der Waals surface area (Å²) in [7, 11) is 0. The van der Waals surface area contributed by atoms with E-state index < -0.39 is 6.03 Å². The molecule has 0 spiro atoms. The molecule has 0 saturated heterocycles. The van der Waals surface area contributed by atoms with E-state index in [1.165, 1.54) is 4.68 Å². The number of hydrogen-bond acceptors (Lipinski definition) is 4. The molecule has 1 heterocycles. The largest absolute Gasteiger partial charge is 0.481 e. The molecule has 186 valence electrons. The minimum Gasteiger partial charge on any atom is -0.481 e. The Hall–Kier alpha value is -4.99. The zero-order valence-corrected chi connectivity index (χ0v) is 20.9. The number of ether oxygens (including phenoxy) is 2. The molecule has 7 heteroatoms. The first-order valence-corrected chi connectivity index (χ1v) is 12.1. The van der Waals surface area contributed by atoms with Crippen molar-refractivity contribution in [1.82, 2.24) is 9.78 Å². The molecule has 0 atom stereocenters. The fourth-order valence-electron chi connectivity index (χ4n) is 3.78. The minimum absolute atomic E-state index is 0.192. The van der Waals surface area contributed by atoms with E-state index >= 15 is 0 Å². The lowest BCUT2D eigenvalue weighted by Crippen LogP contribution is -2.19. The van der Waals surface area contributed by atoms with E-state index in [0.717, 1.165) is 16.7 Å². The molecule has 1 amide bonds. The summed E-state index contributed by atoms with van der Waals surface area (Å²) in [5.41, 5.74) is 3.88. The van der Waals surface area contributed by atoms with Crippen molar-refractivity contribution in [2.45, 2.75) is 0 Å². The Labute approximate surface area is 225 Å². The Morgan fingerprint density at radius 2 is 1.47 bits per heavy atom. The molecule has 0 radical (unpaired) electrons. The van der Waals surface area contributed by atoms with Crippen LogP contribution in [0, 0.1) is 12.3 Å². The second kappa shape index (κ2) is 11.4. The Morgan fingerprint density at radius 1 is 0.842 bits per heavy atom. The zero-order chi connectivity index (χ0) is 26.3. The Kier molecular flexibility index (Phi) is 7.39. The number of rotatable bonds is 7. The van der Waals surface area contributed by atoms with Crippen molar-refractivity contribution >= 4 is 23.3 Å². The number of aromatic nitrogens is 2. The van der Waals surface area contributed by atoms with E-state index in [0.29, 0.717) is 33.7 Å². The van der Waals surface area contributed by atoms with Gasteiger partial charge in [-0.2, -0.15) is 9.78 Å². The number of anilines is 1. The number of hydrogen-bond donors (Lipinski definition) is 1. The normalized spacial score (nSPS) is 10.4. The van der Waals surface area contributed by atoms with Gasteiger partial charge in [-0.15, -0.1) is 6.42 Å². The van der Waals surface area contributed by atoms with E-state index in [9.17, 15) is 4.79 Å². The second-order valence-corrected chi connectivity index (χ2v) is 8.67. The summed E-state index contributed by atoms with van der Waals surface area (Å²) in [6, 6.07) is 31.0. The van der Waals surface area contributed by atoms with Crippen LogP contribution in [-0.4, -0.2) is 22.4 Å². The van der Waals surface area contributed by atoms with Crippen LogP contribution in [0.25, 0.3) is 22.4 Å². The first-order valence-electron chi connectivity index (χ1n) is 11.8. The molecule has 1 N–H and O–H groups in total.